The van der Waals surface area contributed by atoms with Gasteiger partial charge in [0.2, 0.25) is 5.95 Å². The predicted molar refractivity (Wildman–Crippen MR) is 124 cm³/mol. The maximum atomic E-state index is 13.7. The normalized spacial score (nSPS) is 16.0. The molecular weight excluding hydrogens is 478 g/mol. The average molecular weight is 499 g/mol. The van der Waals surface area contributed by atoms with Gasteiger partial charge in [-0.3, -0.25) is 9.58 Å². The number of anilines is 2. The predicted octanol–water partition coefficient (Wildman–Crippen LogP) is 5.38. The number of aryl methyl sites for hydroxylation is 1. The molecule has 0 unspecified atom stereocenters. The van der Waals surface area contributed by atoms with Gasteiger partial charge in [-0.1, -0.05) is 15.9 Å². The molecule has 0 radical (unpaired) electrons. The van der Waals surface area contributed by atoms with Crippen molar-refractivity contribution in [2.45, 2.75) is 18.9 Å². The number of likely N-dealkylation sites (tertiary alicyclic amines) is 1. The zero-order valence-electron chi connectivity index (χ0n) is 17.4. The average Bonchev–Trinajstić information content (AvgIpc) is 3.32. The molecule has 6 nitrogen and oxygen atoms in total. The van der Waals surface area contributed by atoms with Gasteiger partial charge in [0.1, 0.15) is 0 Å². The number of fused-ring (bicyclic) bond motifs is 1. The lowest BCUT2D eigenvalue weighted by atomic mass is 10.0. The smallest absolute Gasteiger partial charge is 0.261 e. The lowest BCUT2D eigenvalue weighted by Crippen LogP contribution is -2.24. The quantitative estimate of drug-likeness (QED) is 0.400. The third kappa shape index (κ3) is 4.63. The highest BCUT2D eigenvalue weighted by Gasteiger charge is 2.37. The third-order valence-electron chi connectivity index (χ3n) is 5.48. The molecule has 0 amide bonds. The molecular formula is C23H21BrF2N6. The largest absolute Gasteiger partial charge is 0.324 e. The van der Waals surface area contributed by atoms with Gasteiger partial charge in [0.15, 0.2) is 0 Å². The van der Waals surface area contributed by atoms with E-state index in [9.17, 15) is 8.78 Å². The SMILES string of the molecule is Cn1cc(-c2cc(CN3CCC(F)(F)C3)cc(Nc3ncc4cc(Br)ccc4n3)c2)cn1. The van der Waals surface area contributed by atoms with Crippen molar-refractivity contribution < 1.29 is 8.78 Å². The van der Waals surface area contributed by atoms with Crippen LogP contribution in [-0.2, 0) is 13.6 Å². The van der Waals surface area contributed by atoms with Crippen LogP contribution in [0.1, 0.15) is 12.0 Å². The van der Waals surface area contributed by atoms with E-state index in [2.05, 4.69) is 36.3 Å². The summed E-state index contributed by atoms with van der Waals surface area (Å²) in [4.78, 5) is 10.8. The monoisotopic (exact) mass is 498 g/mol. The molecule has 164 valence electrons. The zero-order chi connectivity index (χ0) is 22.3. The Labute approximate surface area is 192 Å². The Bertz CT molecular complexity index is 1290. The molecule has 1 aliphatic heterocycles. The molecule has 3 heterocycles. The van der Waals surface area contributed by atoms with Gasteiger partial charge in [0, 0.05) is 60.1 Å². The summed E-state index contributed by atoms with van der Waals surface area (Å²) < 4.78 is 30.1. The molecule has 5 rings (SSSR count). The number of benzene rings is 2. The van der Waals surface area contributed by atoms with Crippen LogP contribution in [0.25, 0.3) is 22.0 Å². The first kappa shape index (κ1) is 21.0. The van der Waals surface area contributed by atoms with Crippen LogP contribution < -0.4 is 5.32 Å². The first-order valence-corrected chi connectivity index (χ1v) is 11.0. The topological polar surface area (TPSA) is 58.9 Å². The van der Waals surface area contributed by atoms with Crippen molar-refractivity contribution >= 4 is 38.5 Å². The Balaban J connectivity index is 1.47. The van der Waals surface area contributed by atoms with Crippen LogP contribution in [0.4, 0.5) is 20.4 Å². The van der Waals surface area contributed by atoms with Crippen LogP contribution in [0.5, 0.6) is 0 Å². The molecule has 0 aliphatic carbocycles. The molecule has 4 aromatic rings. The summed E-state index contributed by atoms with van der Waals surface area (Å²) in [5.41, 5.74) is 4.47. The van der Waals surface area contributed by atoms with E-state index in [1.165, 1.54) is 0 Å². The van der Waals surface area contributed by atoms with E-state index >= 15 is 0 Å². The highest BCUT2D eigenvalue weighted by molar-refractivity contribution is 9.10. The van der Waals surface area contributed by atoms with Crippen molar-refractivity contribution in [1.29, 1.82) is 0 Å². The Kier molecular flexibility index (Phi) is 5.38. The molecule has 32 heavy (non-hydrogen) atoms. The zero-order valence-corrected chi connectivity index (χ0v) is 19.0. The van der Waals surface area contributed by atoms with Crippen molar-refractivity contribution in [3.63, 3.8) is 0 Å². The minimum Gasteiger partial charge on any atom is -0.324 e. The van der Waals surface area contributed by atoms with Crippen LogP contribution >= 0.6 is 15.9 Å². The van der Waals surface area contributed by atoms with Gasteiger partial charge >= 0.3 is 0 Å². The second kappa shape index (κ2) is 8.22. The van der Waals surface area contributed by atoms with Crippen LogP contribution in [0.3, 0.4) is 0 Å². The number of alkyl halides is 2. The molecule has 2 aromatic carbocycles. The number of nitrogens with zero attached hydrogens (tertiary/aromatic N) is 5. The Morgan fingerprint density at radius 1 is 1.12 bits per heavy atom. The van der Waals surface area contributed by atoms with Crippen molar-refractivity contribution in [3.8, 4) is 11.1 Å². The van der Waals surface area contributed by atoms with Crippen molar-refractivity contribution in [2.75, 3.05) is 18.4 Å². The standard InChI is InChI=1S/C23H21BrF2N6/c1-31-13-18(11-28-31)16-6-15(12-32-5-4-23(25,26)14-32)7-20(9-16)29-22-27-10-17-8-19(24)2-3-21(17)30-22/h2-3,6-11,13H,4-5,12,14H2,1H3,(H,27,29,30). The van der Waals surface area contributed by atoms with Gasteiger partial charge in [0.05, 0.1) is 18.3 Å². The minimum atomic E-state index is -2.62. The first-order chi connectivity index (χ1) is 15.3. The highest BCUT2D eigenvalue weighted by atomic mass is 79.9. The van der Waals surface area contributed by atoms with Crippen LogP contribution in [0.15, 0.2) is 59.5 Å². The Morgan fingerprint density at radius 3 is 2.75 bits per heavy atom. The maximum Gasteiger partial charge on any atom is 0.261 e. The van der Waals surface area contributed by atoms with E-state index in [4.69, 9.17) is 0 Å². The van der Waals surface area contributed by atoms with E-state index in [0.29, 0.717) is 19.0 Å². The van der Waals surface area contributed by atoms with E-state index in [0.717, 1.165) is 37.8 Å². The summed E-state index contributed by atoms with van der Waals surface area (Å²) in [6.07, 6.45) is 5.39. The van der Waals surface area contributed by atoms with Crippen LogP contribution in [0.2, 0.25) is 0 Å². The summed E-state index contributed by atoms with van der Waals surface area (Å²) in [6.45, 7) is 0.622. The summed E-state index contributed by atoms with van der Waals surface area (Å²) in [5, 5.41) is 8.47. The fraction of sp³-hybridized carbons (Fsp3) is 0.261. The van der Waals surface area contributed by atoms with E-state index in [1.54, 1.807) is 22.0 Å². The molecule has 0 atom stereocenters. The van der Waals surface area contributed by atoms with Crippen molar-refractivity contribution in [3.05, 3.63) is 65.0 Å². The highest BCUT2D eigenvalue weighted by Crippen LogP contribution is 2.31. The minimum absolute atomic E-state index is 0.0958. The summed E-state index contributed by atoms with van der Waals surface area (Å²) in [6, 6.07) is 11.8. The number of rotatable bonds is 5. The summed E-state index contributed by atoms with van der Waals surface area (Å²) in [5.74, 6) is -2.14. The van der Waals surface area contributed by atoms with E-state index in [-0.39, 0.29) is 13.0 Å². The fourth-order valence-electron chi connectivity index (χ4n) is 3.99. The lowest BCUT2D eigenvalue weighted by Gasteiger charge is -2.17. The van der Waals surface area contributed by atoms with E-state index < -0.39 is 5.92 Å². The summed E-state index contributed by atoms with van der Waals surface area (Å²) in [7, 11) is 1.86. The molecule has 2 aromatic heterocycles. The number of hydrogen-bond donors (Lipinski definition) is 1. The summed E-state index contributed by atoms with van der Waals surface area (Å²) >= 11 is 3.46. The van der Waals surface area contributed by atoms with Gasteiger partial charge < -0.3 is 5.32 Å². The van der Waals surface area contributed by atoms with Crippen molar-refractivity contribution in [1.82, 2.24) is 24.6 Å². The van der Waals surface area contributed by atoms with Gasteiger partial charge in [0.25, 0.3) is 5.92 Å². The van der Waals surface area contributed by atoms with Crippen LogP contribution in [-0.4, -0.2) is 43.7 Å². The second-order valence-electron chi connectivity index (χ2n) is 8.16. The van der Waals surface area contributed by atoms with Gasteiger partial charge in [-0.05, 0) is 47.5 Å². The maximum absolute atomic E-state index is 13.7. The Morgan fingerprint density at radius 2 is 2.00 bits per heavy atom. The fourth-order valence-corrected chi connectivity index (χ4v) is 4.36. The van der Waals surface area contributed by atoms with Gasteiger partial charge in [-0.15, -0.1) is 0 Å². The molecule has 1 N–H and O–H groups in total. The third-order valence-corrected chi connectivity index (χ3v) is 5.98. The molecule has 1 saturated heterocycles. The molecule has 0 bridgehead atoms. The van der Waals surface area contributed by atoms with Gasteiger partial charge in [-0.25, -0.2) is 18.7 Å². The van der Waals surface area contributed by atoms with Crippen molar-refractivity contribution in [2.24, 2.45) is 7.05 Å². The van der Waals surface area contributed by atoms with E-state index in [1.807, 2.05) is 49.6 Å². The number of aromatic nitrogens is 4. The van der Waals surface area contributed by atoms with Gasteiger partial charge in [-0.2, -0.15) is 5.10 Å². The Hall–Kier alpha value is -2.91. The van der Waals surface area contributed by atoms with Crippen LogP contribution in [0, 0.1) is 0 Å². The second-order valence-corrected chi connectivity index (χ2v) is 9.08. The molecule has 9 heteroatoms. The molecule has 0 spiro atoms. The molecule has 1 fully saturated rings. The molecule has 1 aliphatic rings. The number of nitrogens with one attached hydrogen (secondary N) is 1. The molecule has 0 saturated carbocycles. The number of halogens is 3. The number of hydrogen-bond acceptors (Lipinski definition) is 5. The lowest BCUT2D eigenvalue weighted by molar-refractivity contribution is 0.0115. The first-order valence-electron chi connectivity index (χ1n) is 10.3.